The summed E-state index contributed by atoms with van der Waals surface area (Å²) in [5.74, 6) is -1.31. The van der Waals surface area contributed by atoms with Crippen LogP contribution in [0.15, 0.2) is 97.2 Å². The van der Waals surface area contributed by atoms with E-state index in [-0.39, 0.29) is 101 Å². The fourth-order valence-corrected chi connectivity index (χ4v) is 9.97. The number of hydrogen-bond donors (Lipinski definition) is 12. The molecule has 706 valence electrons. The molecular weight excluding hydrogens is 1740 g/mol. The third-order valence-corrected chi connectivity index (χ3v) is 14.6. The van der Waals surface area contributed by atoms with Crippen LogP contribution in [0.1, 0.15) is 169 Å². The molecule has 2 fully saturated rings. The number of nitrogens with two attached hydrogens (primary N) is 1. The molecule has 0 saturated heterocycles. The number of fused-ring (bicyclic) bond motifs is 2. The maximum absolute atomic E-state index is 13.0. The normalized spacial score (nSPS) is 12.0. The second-order valence-corrected chi connectivity index (χ2v) is 28.7. The van der Waals surface area contributed by atoms with Crippen LogP contribution >= 0.6 is 23.2 Å². The van der Waals surface area contributed by atoms with Gasteiger partial charge in [0.1, 0.15) is 36.0 Å². The summed E-state index contributed by atoms with van der Waals surface area (Å²) in [7, 11) is 0. The Morgan fingerprint density at radius 2 is 0.812 bits per heavy atom. The van der Waals surface area contributed by atoms with E-state index in [1.165, 1.54) is 80.4 Å². The van der Waals surface area contributed by atoms with Crippen LogP contribution in [0.5, 0.6) is 0 Å². The van der Waals surface area contributed by atoms with Gasteiger partial charge in [0.15, 0.2) is 25.6 Å². The van der Waals surface area contributed by atoms with E-state index in [1.807, 2.05) is 50.1 Å². The number of aliphatic carboxylic acids is 3. The molecule has 0 unspecified atom stereocenters. The number of aliphatic hydroxyl groups excluding tert-OH is 4. The van der Waals surface area contributed by atoms with E-state index in [1.54, 1.807) is 68.4 Å². The van der Waals surface area contributed by atoms with Gasteiger partial charge in [-0.3, -0.25) is 9.59 Å². The van der Waals surface area contributed by atoms with Crippen molar-refractivity contribution in [2.75, 3.05) is 71.1 Å². The van der Waals surface area contributed by atoms with Gasteiger partial charge in [-0.1, -0.05) is 91.9 Å². The Hall–Kier alpha value is -11.8. The van der Waals surface area contributed by atoms with Gasteiger partial charge in [-0.05, 0) is 143 Å². The summed E-state index contributed by atoms with van der Waals surface area (Å²) in [6, 6.07) is 12.2. The number of benzene rings is 2. The smallest absolute Gasteiger partial charge is 0.870 e. The number of aromatic nitrogens is 2. The molecule has 2 aliphatic rings. The van der Waals surface area contributed by atoms with Crippen LogP contribution in [0.25, 0.3) is 21.8 Å². The van der Waals surface area contributed by atoms with Gasteiger partial charge >= 0.3 is 85.3 Å². The molecule has 2 aromatic heterocycles. The largest absolute Gasteiger partial charge is 1.00 e. The average Bonchev–Trinajstić information content (AvgIpc) is 1.60. The Labute approximate surface area is 759 Å². The molecule has 4 aromatic rings. The first kappa shape index (κ1) is 127. The zero-order valence-electron chi connectivity index (χ0n) is 72.9. The molecule has 0 aliphatic heterocycles. The number of carbonyl (C=O) groups excluding carboxylic acids is 9. The van der Waals surface area contributed by atoms with E-state index in [4.69, 9.17) is 102 Å². The Kier molecular flexibility index (Phi) is 68.8. The molecule has 6 rings (SSSR count). The number of alkyl carbamates (subject to hydrolysis) is 3. The van der Waals surface area contributed by atoms with E-state index in [9.17, 15) is 89.6 Å². The minimum Gasteiger partial charge on any atom is -0.870 e. The number of nitrogens with zero attached hydrogens (tertiary/aromatic N) is 2. The number of rotatable bonds is 24. The zero-order valence-corrected chi connectivity index (χ0v) is 74.4. The number of ketones is 1. The van der Waals surface area contributed by atoms with Crippen LogP contribution in [0.2, 0.25) is 0 Å². The molecule has 0 bridgehead atoms. The number of alkyl halides is 8. The van der Waals surface area contributed by atoms with E-state index in [0.29, 0.717) is 29.8 Å². The van der Waals surface area contributed by atoms with Crippen molar-refractivity contribution in [3.8, 4) is 49.4 Å². The van der Waals surface area contributed by atoms with Crippen molar-refractivity contribution in [2.24, 2.45) is 5.73 Å². The Morgan fingerprint density at radius 1 is 0.516 bits per heavy atom. The van der Waals surface area contributed by atoms with Crippen LogP contribution < -0.4 is 51.0 Å². The number of nitrogens with one attached hydrogen (secondary N) is 4. The van der Waals surface area contributed by atoms with Crippen molar-refractivity contribution in [3.05, 3.63) is 131 Å². The van der Waals surface area contributed by atoms with Crippen molar-refractivity contribution < 1.29 is 177 Å². The minimum atomic E-state index is -5.19. The van der Waals surface area contributed by atoms with Crippen LogP contribution in [-0.4, -0.2) is 222 Å². The van der Waals surface area contributed by atoms with Crippen molar-refractivity contribution in [2.45, 2.75) is 182 Å². The average molecular weight is 1850 g/mol. The van der Waals surface area contributed by atoms with Crippen molar-refractivity contribution in [3.63, 3.8) is 0 Å². The van der Waals surface area contributed by atoms with Crippen LogP contribution in [-0.2, 0) is 75.2 Å². The van der Waals surface area contributed by atoms with Gasteiger partial charge in [0.05, 0.1) is 29.7 Å². The summed E-state index contributed by atoms with van der Waals surface area (Å²) >= 11 is 9.53. The SMILES string of the molecule is C#CCO.C#CCOC(=O)/C=C/CN.C#CCOC(=O)/C=C/CNC(=O)OC(C)(C)C.C#CCOC(=O)/C=C/CNC(=O)c1c(C)n(C2CCCC2)c2ccc(CO)cc12.CC(C)(C)OC(=O)NC/C=C/C(=O)CO.CC(C)(C)OC(=O)NC/C=C/C(=O)O.Cc1c(C(=O)O)c2cc(CO)ccc2n1C1CCCC1.ClCCl.O=C(O)C(F)(F)F.O=C([O-])C(F)(F)F.[Li+].[OH-]. The molecule has 43 heteroatoms. The third-order valence-electron chi connectivity index (χ3n) is 14.6. The summed E-state index contributed by atoms with van der Waals surface area (Å²) < 4.78 is 96.4. The fourth-order valence-electron chi connectivity index (χ4n) is 9.97. The molecule has 0 radical (unpaired) electrons. The maximum atomic E-state index is 13.0. The molecule has 4 amide bonds. The number of hydrogen-bond acceptors (Lipinski definition) is 25. The summed E-state index contributed by atoms with van der Waals surface area (Å²) in [5, 5.41) is 80.4. The Balaban J connectivity index is -0.000000340. The van der Waals surface area contributed by atoms with Gasteiger partial charge in [-0.25, -0.2) is 43.2 Å². The van der Waals surface area contributed by atoms with Gasteiger partial charge in [0.25, 0.3) is 5.91 Å². The van der Waals surface area contributed by atoms with Gasteiger partial charge in [0, 0.05) is 102 Å². The van der Waals surface area contributed by atoms with Gasteiger partial charge in [-0.2, -0.15) is 26.3 Å². The van der Waals surface area contributed by atoms with Gasteiger partial charge in [0.2, 0.25) is 0 Å². The van der Waals surface area contributed by atoms with E-state index in [0.717, 1.165) is 76.1 Å². The molecular formula is C85H111Cl2F6LiN7O27-. The molecule has 2 heterocycles. The van der Waals surface area contributed by atoms with E-state index >= 15 is 0 Å². The van der Waals surface area contributed by atoms with Crippen LogP contribution in [0.4, 0.5) is 40.7 Å². The number of ether oxygens (including phenoxy) is 6. The number of halogens is 8. The Morgan fingerprint density at radius 3 is 1.08 bits per heavy atom. The number of amides is 4. The number of aromatic carboxylic acids is 1. The second-order valence-electron chi connectivity index (χ2n) is 27.9. The number of carboxylic acids is 4. The topological polar surface area (TPSA) is 539 Å². The third kappa shape index (κ3) is 61.6. The van der Waals surface area contributed by atoms with Crippen LogP contribution in [0.3, 0.4) is 0 Å². The quantitative estimate of drug-likeness (QED) is 0.00654. The second kappa shape index (κ2) is 69.4. The van der Waals surface area contributed by atoms with Gasteiger partial charge < -0.3 is 116 Å². The number of carboxylic acid groups (broad SMARTS) is 4. The summed E-state index contributed by atoms with van der Waals surface area (Å²) in [6.45, 7) is 19.8. The standard InChI is InChI=1S/C23H26N2O4.C16H19NO3.C12H17NO4.C10H17NO4.C9H15NO4.C7H9NO2.C3H4O.2C2HF3O2.CH2Cl2.Li.H2O/c1-3-13-29-21(27)9-6-12-24-23(28)22-16(2)25(18-7-4-5-8-18)20-11-10-17(15-26)14-19(20)22;1-10-15(16(19)20)13-8-11(9-18)6-7-14(13)17(10)12-4-2-3-5-12;1-5-9-16-10(14)7-6-8-13-11(15)17-12(2,3)4;1-10(2,3)15-9(14)11-6-4-5-8(13)7-12;1-9(2,3)14-8(13)10-6-4-5-7(11)12;1-2-6-10-7(9)4-3-5-8;1-2-3-4;2*3-2(4,5)1(6)7;2-1-3;;/h1,6,9-11,14,18,26H,4-5,7-8,12-13,15H2,2H3,(H,24,28);6-8,12,18H,2-5,9H2,1H3,(H,19,20);1,6-7H,8-9H2,2-4H3,(H,13,15);4-5,12H,6-7H2,1-3H3,(H,11,14);4-5H,6H2,1-3H3,(H,10,13)(H,11,12);1,3-4H,5-6,8H2;1,4H,3H2;2*(H,6,7);1H2;;1H2/q;;;;;;;;;;+1;/p-2/b9-6+;;7-6+;2*5-4+;4-3+;;;;;;. The van der Waals surface area contributed by atoms with E-state index < -0.39 is 102 Å². The number of carbonyl (C=O) groups is 12. The maximum Gasteiger partial charge on any atom is 1.00 e. The number of terminal acetylenes is 4. The zero-order chi connectivity index (χ0) is 97.6. The molecule has 2 aromatic carbocycles. The van der Waals surface area contributed by atoms with Crippen molar-refractivity contribution in [1.82, 2.24) is 30.4 Å². The molecule has 128 heavy (non-hydrogen) atoms. The summed E-state index contributed by atoms with van der Waals surface area (Å²) in [6.07, 6.45) is 29.7. The summed E-state index contributed by atoms with van der Waals surface area (Å²) in [5.41, 5.74) is 9.72. The fraction of sp³-hybridized carbons (Fsp3) is 0.459. The number of aliphatic hydroxyl groups is 4. The molecule has 2 aliphatic carbocycles. The molecule has 34 nitrogen and oxygen atoms in total. The molecule has 0 atom stereocenters. The van der Waals surface area contributed by atoms with Gasteiger partial charge in [-0.15, -0.1) is 48.9 Å². The van der Waals surface area contributed by atoms with Crippen LogP contribution in [0, 0.1) is 63.2 Å². The van der Waals surface area contributed by atoms with Crippen molar-refractivity contribution in [1.29, 1.82) is 0 Å². The monoisotopic (exact) mass is 1850 g/mol. The van der Waals surface area contributed by atoms with Crippen molar-refractivity contribution >= 4 is 117 Å². The summed E-state index contributed by atoms with van der Waals surface area (Å²) in [4.78, 5) is 129. The first-order chi connectivity index (χ1) is 58.7. The van der Waals surface area contributed by atoms with E-state index in [2.05, 4.69) is 64.1 Å². The first-order valence-electron chi connectivity index (χ1n) is 37.6. The molecule has 14 N–H and O–H groups in total. The predicted molar refractivity (Wildman–Crippen MR) is 455 cm³/mol. The first-order valence-corrected chi connectivity index (χ1v) is 38.7. The number of esters is 3. The minimum absolute atomic E-state index is 0. The predicted octanol–water partition coefficient (Wildman–Crippen LogP) is 6.77. The molecule has 2 saturated carbocycles. The molecule has 0 spiro atoms. The Bertz CT molecular complexity index is 4440.